The summed E-state index contributed by atoms with van der Waals surface area (Å²) in [5.74, 6) is -1.94. The number of rotatable bonds is 10. The zero-order valence-corrected chi connectivity index (χ0v) is 22.9. The van der Waals surface area contributed by atoms with Crippen LogP contribution in [-0.4, -0.2) is 90.7 Å². The molecule has 11 heteroatoms. The van der Waals surface area contributed by atoms with Crippen LogP contribution in [0.4, 0.5) is 5.13 Å². The number of carbonyl (C=O) groups is 3. The molecule has 2 saturated heterocycles. The number of carboxylic acids is 1. The van der Waals surface area contributed by atoms with Crippen molar-refractivity contribution in [1.82, 2.24) is 25.8 Å². The van der Waals surface area contributed by atoms with Crippen molar-refractivity contribution in [3.63, 3.8) is 0 Å². The Morgan fingerprint density at radius 1 is 1.11 bits per heavy atom. The molecule has 2 amide bonds. The van der Waals surface area contributed by atoms with E-state index in [9.17, 15) is 19.5 Å². The standard InChI is InChI=1S/C27H38N6O4S/c1-18(2)23-24(38-27(31-23)33-14-12-32(13-15-33)20-8-10-28-11-9-20)25(35)29-17-21(26(36)37)30-22(34)16-19-6-4-3-5-7-19/h3-7,18,20-21,28H,8-17H2,1-2H3,(H,29,35)(H,30,34)(H,36,37)/t21-/m0/s1. The first-order valence-electron chi connectivity index (χ1n) is 13.4. The van der Waals surface area contributed by atoms with Gasteiger partial charge in [-0.3, -0.25) is 14.5 Å². The fraction of sp³-hybridized carbons (Fsp3) is 0.556. The van der Waals surface area contributed by atoms with Crippen LogP contribution in [0.25, 0.3) is 0 Å². The van der Waals surface area contributed by atoms with E-state index in [1.54, 1.807) is 12.1 Å². The fourth-order valence-electron chi connectivity index (χ4n) is 4.96. The topological polar surface area (TPSA) is 127 Å². The molecule has 38 heavy (non-hydrogen) atoms. The Morgan fingerprint density at radius 2 is 1.79 bits per heavy atom. The molecule has 0 bridgehead atoms. The second-order valence-electron chi connectivity index (χ2n) is 10.2. The number of piperazine rings is 1. The minimum atomic E-state index is -1.23. The van der Waals surface area contributed by atoms with Gasteiger partial charge in [-0.1, -0.05) is 55.5 Å². The predicted molar refractivity (Wildman–Crippen MR) is 148 cm³/mol. The molecule has 0 radical (unpaired) electrons. The van der Waals surface area contributed by atoms with Crippen molar-refractivity contribution >= 4 is 34.3 Å². The highest BCUT2D eigenvalue weighted by atomic mass is 32.1. The number of hydrogen-bond acceptors (Lipinski definition) is 8. The third-order valence-corrected chi connectivity index (χ3v) is 8.24. The Hall–Kier alpha value is -3.02. The number of nitrogens with zero attached hydrogens (tertiary/aromatic N) is 3. The lowest BCUT2D eigenvalue weighted by Gasteiger charge is -2.40. The molecule has 4 N–H and O–H groups in total. The molecule has 2 aromatic rings. The molecule has 4 rings (SSSR count). The average Bonchev–Trinajstić information content (AvgIpc) is 3.38. The van der Waals surface area contributed by atoms with Crippen LogP contribution in [0, 0.1) is 0 Å². The Balaban J connectivity index is 1.35. The van der Waals surface area contributed by atoms with Crippen LogP contribution in [0.5, 0.6) is 0 Å². The normalized spacial score (nSPS) is 17.8. The number of carboxylic acid groups (broad SMARTS) is 1. The molecule has 10 nitrogen and oxygen atoms in total. The van der Waals surface area contributed by atoms with Gasteiger partial charge in [0.2, 0.25) is 5.91 Å². The van der Waals surface area contributed by atoms with Crippen LogP contribution in [-0.2, 0) is 16.0 Å². The van der Waals surface area contributed by atoms with Crippen LogP contribution >= 0.6 is 11.3 Å². The summed E-state index contributed by atoms with van der Waals surface area (Å²) in [7, 11) is 0. The van der Waals surface area contributed by atoms with E-state index in [-0.39, 0.29) is 24.8 Å². The second-order valence-corrected chi connectivity index (χ2v) is 11.2. The van der Waals surface area contributed by atoms with Crippen molar-refractivity contribution in [1.29, 1.82) is 0 Å². The zero-order chi connectivity index (χ0) is 27.1. The Bertz CT molecular complexity index is 1090. The first-order valence-corrected chi connectivity index (χ1v) is 14.2. The van der Waals surface area contributed by atoms with E-state index in [0.29, 0.717) is 16.6 Å². The van der Waals surface area contributed by atoms with Crippen molar-refractivity contribution < 1.29 is 19.5 Å². The predicted octanol–water partition coefficient (Wildman–Crippen LogP) is 1.68. The second kappa shape index (κ2) is 13.2. The minimum absolute atomic E-state index is 0.0395. The summed E-state index contributed by atoms with van der Waals surface area (Å²) >= 11 is 1.35. The number of amides is 2. The highest BCUT2D eigenvalue weighted by Crippen LogP contribution is 2.31. The minimum Gasteiger partial charge on any atom is -0.480 e. The molecule has 2 aliphatic heterocycles. The number of piperidine rings is 1. The van der Waals surface area contributed by atoms with Crippen LogP contribution in [0.3, 0.4) is 0 Å². The SMILES string of the molecule is CC(C)c1nc(N2CCN(C3CCNCC3)CC2)sc1C(=O)NC[C@H](NC(=O)Cc1ccccc1)C(=O)O. The van der Waals surface area contributed by atoms with Crippen molar-refractivity contribution in [3.8, 4) is 0 Å². The fourth-order valence-corrected chi connectivity index (χ4v) is 6.15. The maximum atomic E-state index is 13.1. The van der Waals surface area contributed by atoms with E-state index in [0.717, 1.165) is 50.0 Å². The molecule has 3 heterocycles. The summed E-state index contributed by atoms with van der Waals surface area (Å²) < 4.78 is 0. The van der Waals surface area contributed by atoms with Gasteiger partial charge in [0, 0.05) is 38.8 Å². The lowest BCUT2D eigenvalue weighted by atomic mass is 10.0. The molecule has 2 aliphatic rings. The van der Waals surface area contributed by atoms with E-state index in [1.165, 1.54) is 24.2 Å². The number of aromatic nitrogens is 1. The average molecular weight is 543 g/mol. The van der Waals surface area contributed by atoms with E-state index in [4.69, 9.17) is 4.98 Å². The molecular weight excluding hydrogens is 504 g/mol. The van der Waals surface area contributed by atoms with E-state index in [2.05, 4.69) is 25.8 Å². The van der Waals surface area contributed by atoms with Crippen molar-refractivity contribution in [2.24, 2.45) is 0 Å². The van der Waals surface area contributed by atoms with Gasteiger partial charge in [0.25, 0.3) is 5.91 Å². The number of thiazole rings is 1. The van der Waals surface area contributed by atoms with Gasteiger partial charge in [0.15, 0.2) is 5.13 Å². The Labute approximate surface area is 227 Å². The van der Waals surface area contributed by atoms with Gasteiger partial charge in [0.1, 0.15) is 10.9 Å². The van der Waals surface area contributed by atoms with Crippen LogP contribution in [0.15, 0.2) is 30.3 Å². The van der Waals surface area contributed by atoms with E-state index < -0.39 is 17.9 Å². The van der Waals surface area contributed by atoms with Gasteiger partial charge in [-0.15, -0.1) is 0 Å². The summed E-state index contributed by atoms with van der Waals surface area (Å²) in [6, 6.07) is 8.51. The lowest BCUT2D eigenvalue weighted by Crippen LogP contribution is -2.52. The molecule has 0 aliphatic carbocycles. The molecule has 1 aromatic heterocycles. The van der Waals surface area contributed by atoms with Crippen molar-refractivity contribution in [2.75, 3.05) is 50.7 Å². The van der Waals surface area contributed by atoms with Crippen LogP contribution < -0.4 is 20.9 Å². The lowest BCUT2D eigenvalue weighted by molar-refractivity contribution is -0.141. The molecule has 2 fully saturated rings. The van der Waals surface area contributed by atoms with E-state index >= 15 is 0 Å². The van der Waals surface area contributed by atoms with Crippen molar-refractivity contribution in [3.05, 3.63) is 46.5 Å². The molecule has 1 atom stereocenters. The van der Waals surface area contributed by atoms with Gasteiger partial charge in [-0.25, -0.2) is 9.78 Å². The summed E-state index contributed by atoms with van der Waals surface area (Å²) in [6.45, 7) is 9.62. The third-order valence-electron chi connectivity index (χ3n) is 7.11. The Kier molecular flexibility index (Phi) is 9.70. The summed E-state index contributed by atoms with van der Waals surface area (Å²) in [4.78, 5) is 47.4. The van der Waals surface area contributed by atoms with E-state index in [1.807, 2.05) is 32.0 Å². The number of carbonyl (C=O) groups excluding carboxylic acids is 2. The van der Waals surface area contributed by atoms with Gasteiger partial charge in [-0.05, 0) is 37.4 Å². The molecule has 1 aromatic carbocycles. The number of anilines is 1. The van der Waals surface area contributed by atoms with Crippen molar-refractivity contribution in [2.45, 2.75) is 51.1 Å². The van der Waals surface area contributed by atoms with Gasteiger partial charge >= 0.3 is 5.97 Å². The maximum Gasteiger partial charge on any atom is 0.328 e. The monoisotopic (exact) mass is 542 g/mol. The quantitative estimate of drug-likeness (QED) is 0.357. The highest BCUT2D eigenvalue weighted by Gasteiger charge is 2.29. The van der Waals surface area contributed by atoms with Crippen LogP contribution in [0.2, 0.25) is 0 Å². The first-order chi connectivity index (χ1) is 18.3. The van der Waals surface area contributed by atoms with Crippen LogP contribution in [0.1, 0.15) is 53.5 Å². The molecule has 0 unspecified atom stereocenters. The third kappa shape index (κ3) is 7.30. The molecule has 0 spiro atoms. The Morgan fingerprint density at radius 3 is 2.42 bits per heavy atom. The maximum absolute atomic E-state index is 13.1. The molecule has 0 saturated carbocycles. The number of aliphatic carboxylic acids is 1. The van der Waals surface area contributed by atoms with Gasteiger partial charge in [0.05, 0.1) is 12.1 Å². The number of nitrogens with one attached hydrogen (secondary N) is 3. The number of hydrogen-bond donors (Lipinski definition) is 4. The smallest absolute Gasteiger partial charge is 0.328 e. The highest BCUT2D eigenvalue weighted by molar-refractivity contribution is 7.17. The zero-order valence-electron chi connectivity index (χ0n) is 22.1. The molecule has 206 valence electrons. The summed E-state index contributed by atoms with van der Waals surface area (Å²) in [6.07, 6.45) is 2.44. The van der Waals surface area contributed by atoms with Gasteiger partial charge < -0.3 is 26.0 Å². The summed E-state index contributed by atoms with van der Waals surface area (Å²) in [5.41, 5.74) is 1.50. The largest absolute Gasteiger partial charge is 0.480 e. The first kappa shape index (κ1) is 28.0. The number of benzene rings is 1. The molecular formula is C27H38N6O4S. The van der Waals surface area contributed by atoms with Gasteiger partial charge in [-0.2, -0.15) is 0 Å². The summed E-state index contributed by atoms with van der Waals surface area (Å²) in [5, 5.41) is 19.1.